The molecule has 0 aliphatic carbocycles. The summed E-state index contributed by atoms with van der Waals surface area (Å²) < 4.78 is 0. The number of carbonyl (C=O) groups excluding carboxylic acids is 2. The number of phenols is 1. The zero-order chi connectivity index (χ0) is 13.8. The molecule has 1 saturated heterocycles. The van der Waals surface area contributed by atoms with E-state index in [0.29, 0.717) is 0 Å². The fourth-order valence-electron chi connectivity index (χ4n) is 1.39. The number of amides is 2. The second-order valence-corrected chi connectivity index (χ2v) is 3.90. The molecule has 19 heavy (non-hydrogen) atoms. The smallest absolute Gasteiger partial charge is 0.275 e. The van der Waals surface area contributed by atoms with E-state index in [1.165, 1.54) is 12.1 Å². The number of para-hydroxylation sites is 1. The lowest BCUT2D eigenvalue weighted by Crippen LogP contribution is -2.62. The fraction of sp³-hybridized carbons (Fsp3) is 0.182. The number of nitrogens with one attached hydrogen (secondary N) is 4. The summed E-state index contributed by atoms with van der Waals surface area (Å²) in [5, 5.41) is 15.6. The van der Waals surface area contributed by atoms with Crippen molar-refractivity contribution < 1.29 is 14.7 Å². The first-order chi connectivity index (χ1) is 9.08. The fourth-order valence-corrected chi connectivity index (χ4v) is 1.39. The molecular formula is C11H13N5O3. The molecule has 1 heterocycles. The van der Waals surface area contributed by atoms with Gasteiger partial charge in [0, 0.05) is 0 Å². The Kier molecular flexibility index (Phi) is 3.62. The van der Waals surface area contributed by atoms with Crippen molar-refractivity contribution in [3.63, 3.8) is 0 Å². The van der Waals surface area contributed by atoms with E-state index in [4.69, 9.17) is 0 Å². The Morgan fingerprint density at radius 2 is 2.16 bits per heavy atom. The zero-order valence-electron chi connectivity index (χ0n) is 10.1. The molecule has 1 atom stereocenters. The van der Waals surface area contributed by atoms with Gasteiger partial charge in [0.1, 0.15) is 11.8 Å². The maximum absolute atomic E-state index is 11.7. The standard InChI is InChI=1S/C11H13N5O3/c1-6-9(18)12-11(15-13-6)16-14-10(19)7-4-2-3-5-8(7)17/h2-6,13,17H,1H3,(H,14,19)(H2,12,15,16,18). The number of hydrogen-bond donors (Lipinski definition) is 5. The number of phenolic OH excluding ortho intramolecular Hbond substituents is 1. The molecule has 1 aromatic rings. The van der Waals surface area contributed by atoms with Crippen molar-refractivity contribution >= 4 is 17.8 Å². The highest BCUT2D eigenvalue weighted by molar-refractivity contribution is 6.02. The first kappa shape index (κ1) is 12.8. The number of benzene rings is 1. The van der Waals surface area contributed by atoms with Crippen LogP contribution in [0.2, 0.25) is 0 Å². The molecule has 2 rings (SSSR count). The average Bonchev–Trinajstić information content (AvgIpc) is 2.40. The molecule has 0 aromatic heterocycles. The number of hydrazone groups is 1. The van der Waals surface area contributed by atoms with Gasteiger partial charge in [-0.2, -0.15) is 0 Å². The minimum Gasteiger partial charge on any atom is -0.507 e. The Hall–Kier alpha value is -2.61. The third-order valence-electron chi connectivity index (χ3n) is 2.46. The predicted octanol–water partition coefficient (Wildman–Crippen LogP) is -0.994. The van der Waals surface area contributed by atoms with Gasteiger partial charge in [-0.1, -0.05) is 12.1 Å². The normalized spacial score (nSPS) is 20.6. The maximum Gasteiger partial charge on any atom is 0.275 e. The Bertz CT molecular complexity index is 543. The van der Waals surface area contributed by atoms with E-state index in [-0.39, 0.29) is 23.2 Å². The number of nitrogens with zero attached hydrogens (tertiary/aromatic N) is 1. The summed E-state index contributed by atoms with van der Waals surface area (Å²) in [6, 6.07) is 5.68. The van der Waals surface area contributed by atoms with Crippen LogP contribution in [0.1, 0.15) is 17.3 Å². The van der Waals surface area contributed by atoms with E-state index in [0.717, 1.165) is 0 Å². The molecule has 0 radical (unpaired) electrons. The van der Waals surface area contributed by atoms with Gasteiger partial charge in [0.15, 0.2) is 0 Å². The number of carbonyl (C=O) groups is 2. The lowest BCUT2D eigenvalue weighted by Gasteiger charge is -2.22. The van der Waals surface area contributed by atoms with Gasteiger partial charge in [-0.3, -0.25) is 20.3 Å². The molecule has 0 bridgehead atoms. The second kappa shape index (κ2) is 5.36. The summed E-state index contributed by atoms with van der Waals surface area (Å²) in [7, 11) is 0. The van der Waals surface area contributed by atoms with Crippen LogP contribution in [-0.4, -0.2) is 28.9 Å². The van der Waals surface area contributed by atoms with Gasteiger partial charge in [-0.25, -0.2) is 10.9 Å². The number of guanidine groups is 1. The average molecular weight is 263 g/mol. The van der Waals surface area contributed by atoms with Gasteiger partial charge in [-0.05, 0) is 19.1 Å². The van der Waals surface area contributed by atoms with Crippen LogP contribution in [-0.2, 0) is 4.79 Å². The molecule has 0 saturated carbocycles. The molecular weight excluding hydrogens is 250 g/mol. The van der Waals surface area contributed by atoms with Crippen molar-refractivity contribution in [1.82, 2.24) is 21.6 Å². The monoisotopic (exact) mass is 263 g/mol. The van der Waals surface area contributed by atoms with Crippen molar-refractivity contribution in [2.24, 2.45) is 5.10 Å². The van der Waals surface area contributed by atoms with Gasteiger partial charge in [0.2, 0.25) is 11.9 Å². The van der Waals surface area contributed by atoms with E-state index in [1.54, 1.807) is 19.1 Å². The van der Waals surface area contributed by atoms with E-state index in [1.807, 2.05) is 0 Å². The molecule has 0 spiro atoms. The van der Waals surface area contributed by atoms with E-state index in [2.05, 4.69) is 26.7 Å². The Morgan fingerprint density at radius 1 is 1.42 bits per heavy atom. The summed E-state index contributed by atoms with van der Waals surface area (Å²) in [6.07, 6.45) is 0. The quantitative estimate of drug-likeness (QED) is 0.439. The second-order valence-electron chi connectivity index (χ2n) is 3.90. The maximum atomic E-state index is 11.7. The van der Waals surface area contributed by atoms with Gasteiger partial charge in [0.05, 0.1) is 5.56 Å². The number of rotatable bonds is 2. The van der Waals surface area contributed by atoms with Crippen LogP contribution in [0.25, 0.3) is 0 Å². The van der Waals surface area contributed by atoms with E-state index < -0.39 is 11.9 Å². The Labute approximate surface area is 108 Å². The summed E-state index contributed by atoms with van der Waals surface area (Å²) in [4.78, 5) is 23.0. The number of hydrogen-bond acceptors (Lipinski definition) is 5. The number of hydrazine groups is 1. The van der Waals surface area contributed by atoms with Crippen LogP contribution in [0.5, 0.6) is 5.75 Å². The minimum absolute atomic E-state index is 0.0758. The summed E-state index contributed by atoms with van der Waals surface area (Å²) in [6.45, 7) is 1.67. The van der Waals surface area contributed by atoms with Crippen LogP contribution in [0.3, 0.4) is 0 Å². The molecule has 8 heteroatoms. The van der Waals surface area contributed by atoms with Crippen LogP contribution >= 0.6 is 0 Å². The van der Waals surface area contributed by atoms with Crippen LogP contribution in [0, 0.1) is 0 Å². The lowest BCUT2D eigenvalue weighted by atomic mass is 10.2. The highest BCUT2D eigenvalue weighted by Crippen LogP contribution is 2.14. The first-order valence-electron chi connectivity index (χ1n) is 5.56. The third-order valence-corrected chi connectivity index (χ3v) is 2.46. The summed E-state index contributed by atoms with van der Waals surface area (Å²) in [5.41, 5.74) is 7.58. The SMILES string of the molecule is CC1NNC(=NNC(=O)c2ccccc2O)NC1=O. The molecule has 100 valence electrons. The largest absolute Gasteiger partial charge is 0.507 e. The molecule has 5 N–H and O–H groups in total. The Balaban J connectivity index is 2.01. The van der Waals surface area contributed by atoms with Gasteiger partial charge in [0.25, 0.3) is 5.91 Å². The van der Waals surface area contributed by atoms with Crippen LogP contribution in [0.4, 0.5) is 0 Å². The molecule has 2 amide bonds. The van der Waals surface area contributed by atoms with Crippen LogP contribution in [0.15, 0.2) is 29.4 Å². The molecule has 8 nitrogen and oxygen atoms in total. The van der Waals surface area contributed by atoms with Crippen LogP contribution < -0.4 is 21.6 Å². The number of aromatic hydroxyl groups is 1. The van der Waals surface area contributed by atoms with Crippen molar-refractivity contribution in [2.45, 2.75) is 13.0 Å². The third kappa shape index (κ3) is 2.99. The highest BCUT2D eigenvalue weighted by Gasteiger charge is 2.20. The zero-order valence-corrected chi connectivity index (χ0v) is 10.1. The lowest BCUT2D eigenvalue weighted by molar-refractivity contribution is -0.122. The summed E-state index contributed by atoms with van der Waals surface area (Å²) in [5.74, 6) is -0.922. The topological polar surface area (TPSA) is 115 Å². The molecule has 1 unspecified atom stereocenters. The Morgan fingerprint density at radius 3 is 2.84 bits per heavy atom. The van der Waals surface area contributed by atoms with Crippen molar-refractivity contribution in [3.05, 3.63) is 29.8 Å². The molecule has 1 aliphatic heterocycles. The van der Waals surface area contributed by atoms with E-state index >= 15 is 0 Å². The minimum atomic E-state index is -0.583. The van der Waals surface area contributed by atoms with E-state index in [9.17, 15) is 14.7 Å². The van der Waals surface area contributed by atoms with Crippen molar-refractivity contribution in [2.75, 3.05) is 0 Å². The summed E-state index contributed by atoms with van der Waals surface area (Å²) >= 11 is 0. The van der Waals surface area contributed by atoms with Gasteiger partial charge >= 0.3 is 0 Å². The van der Waals surface area contributed by atoms with Crippen molar-refractivity contribution in [1.29, 1.82) is 0 Å². The highest BCUT2D eigenvalue weighted by atomic mass is 16.3. The van der Waals surface area contributed by atoms with Gasteiger partial charge < -0.3 is 5.11 Å². The van der Waals surface area contributed by atoms with Gasteiger partial charge in [-0.15, -0.1) is 5.10 Å². The molecule has 1 aromatic carbocycles. The predicted molar refractivity (Wildman–Crippen MR) is 66.9 cm³/mol. The first-order valence-corrected chi connectivity index (χ1v) is 5.56. The van der Waals surface area contributed by atoms with Crippen molar-refractivity contribution in [3.8, 4) is 5.75 Å². The molecule has 1 fully saturated rings. The molecule has 1 aliphatic rings.